The van der Waals surface area contributed by atoms with Crippen LogP contribution in [0.15, 0.2) is 97.2 Å². The van der Waals surface area contributed by atoms with Gasteiger partial charge in [-0.25, -0.2) is 0 Å². The third-order valence-electron chi connectivity index (χ3n) is 10.6. The molecule has 1 unspecified atom stereocenters. The first-order valence-corrected chi connectivity index (χ1v) is 25.8. The minimum absolute atomic E-state index is 0.0367. The predicted molar refractivity (Wildman–Crippen MR) is 270 cm³/mol. The summed E-state index contributed by atoms with van der Waals surface area (Å²) in [5.41, 5.74) is 0. The van der Waals surface area contributed by atoms with Crippen molar-refractivity contribution in [3.63, 3.8) is 0 Å². The van der Waals surface area contributed by atoms with E-state index in [-0.39, 0.29) is 25.2 Å². The van der Waals surface area contributed by atoms with Crippen molar-refractivity contribution in [2.45, 2.75) is 232 Å². The molecule has 0 radical (unpaired) electrons. The maximum Gasteiger partial charge on any atom is 0.306 e. The molecule has 0 aromatic rings. The smallest absolute Gasteiger partial charge is 0.306 e. The van der Waals surface area contributed by atoms with Crippen LogP contribution in [0.2, 0.25) is 0 Å². The normalized spacial score (nSPS) is 13.0. The Morgan fingerprint density at radius 1 is 0.371 bits per heavy atom. The highest BCUT2D eigenvalue weighted by atomic mass is 16.6. The highest BCUT2D eigenvalue weighted by Crippen LogP contribution is 2.14. The molecule has 0 saturated heterocycles. The fourth-order valence-electron chi connectivity index (χ4n) is 6.81. The van der Waals surface area contributed by atoms with Gasteiger partial charge in [0.25, 0.3) is 0 Å². The lowest BCUT2D eigenvalue weighted by Crippen LogP contribution is -2.30. The van der Waals surface area contributed by atoms with Gasteiger partial charge in [0.2, 0.25) is 0 Å². The predicted octanol–water partition coefficient (Wildman–Crippen LogP) is 17.5. The van der Waals surface area contributed by atoms with Gasteiger partial charge < -0.3 is 14.2 Å². The van der Waals surface area contributed by atoms with E-state index in [4.69, 9.17) is 14.2 Å². The molecule has 0 aliphatic heterocycles. The van der Waals surface area contributed by atoms with E-state index < -0.39 is 6.10 Å². The van der Waals surface area contributed by atoms with E-state index in [1.165, 1.54) is 96.3 Å². The van der Waals surface area contributed by atoms with Crippen molar-refractivity contribution in [2.24, 2.45) is 0 Å². The van der Waals surface area contributed by atoms with Crippen LogP contribution < -0.4 is 0 Å². The molecule has 0 aromatic heterocycles. The summed E-state index contributed by atoms with van der Waals surface area (Å²) in [6.07, 6.45) is 70.0. The zero-order valence-electron chi connectivity index (χ0n) is 40.6. The average molecular weight is 861 g/mol. The van der Waals surface area contributed by atoms with Crippen molar-refractivity contribution in [3.8, 4) is 0 Å². The third-order valence-corrected chi connectivity index (χ3v) is 10.6. The van der Waals surface area contributed by atoms with E-state index in [1.54, 1.807) is 0 Å². The van der Waals surface area contributed by atoms with Crippen molar-refractivity contribution in [1.29, 1.82) is 0 Å². The molecule has 0 aliphatic rings. The van der Waals surface area contributed by atoms with Crippen LogP contribution in [0.4, 0.5) is 0 Å². The highest BCUT2D eigenvalue weighted by molar-refractivity contribution is 5.70. The Kier molecular flexibility index (Phi) is 49.5. The first-order valence-electron chi connectivity index (χ1n) is 25.8. The third kappa shape index (κ3) is 49.5. The van der Waals surface area contributed by atoms with Crippen LogP contribution in [0.1, 0.15) is 226 Å². The van der Waals surface area contributed by atoms with Crippen molar-refractivity contribution in [3.05, 3.63) is 97.2 Å². The zero-order valence-corrected chi connectivity index (χ0v) is 40.6. The van der Waals surface area contributed by atoms with Gasteiger partial charge in [0.15, 0.2) is 6.10 Å². The summed E-state index contributed by atoms with van der Waals surface area (Å²) >= 11 is 0. The number of hydrogen-bond acceptors (Lipinski definition) is 5. The van der Waals surface area contributed by atoms with Gasteiger partial charge in [0.05, 0.1) is 6.61 Å². The van der Waals surface area contributed by atoms with Crippen LogP contribution in [0, 0.1) is 0 Å². The van der Waals surface area contributed by atoms with Crippen LogP contribution in [-0.4, -0.2) is 37.9 Å². The number of esters is 2. The molecule has 0 saturated carbocycles. The van der Waals surface area contributed by atoms with E-state index >= 15 is 0 Å². The number of unbranched alkanes of at least 4 members (excludes halogenated alkanes) is 19. The summed E-state index contributed by atoms with van der Waals surface area (Å²) < 4.78 is 17.3. The van der Waals surface area contributed by atoms with Crippen molar-refractivity contribution >= 4 is 11.9 Å². The molecule has 0 N–H and O–H groups in total. The van der Waals surface area contributed by atoms with Crippen LogP contribution in [0.3, 0.4) is 0 Å². The second kappa shape index (κ2) is 52.2. The maximum atomic E-state index is 12.8. The Labute approximate surface area is 383 Å². The summed E-state index contributed by atoms with van der Waals surface area (Å²) in [5, 5.41) is 0. The summed E-state index contributed by atoms with van der Waals surface area (Å²) in [6.45, 7) is 7.56. The fraction of sp³-hybridized carbons (Fsp3) is 0.684. The molecule has 0 fully saturated rings. The molecule has 354 valence electrons. The topological polar surface area (TPSA) is 61.8 Å². The summed E-state index contributed by atoms with van der Waals surface area (Å²) in [5.74, 6) is -0.511. The van der Waals surface area contributed by atoms with Gasteiger partial charge in [-0.2, -0.15) is 0 Å². The molecule has 0 aromatic carbocycles. The molecule has 0 spiro atoms. The van der Waals surface area contributed by atoms with Crippen molar-refractivity contribution in [2.75, 3.05) is 19.8 Å². The second-order valence-corrected chi connectivity index (χ2v) is 16.7. The summed E-state index contributed by atoms with van der Waals surface area (Å²) in [7, 11) is 0. The first kappa shape index (κ1) is 58.8. The summed E-state index contributed by atoms with van der Waals surface area (Å²) in [6, 6.07) is 0. The molecule has 5 nitrogen and oxygen atoms in total. The number of carbonyl (C=O) groups is 2. The standard InChI is InChI=1S/C57H96O5/c1-4-7-10-13-16-19-22-25-27-28-29-30-31-33-35-38-41-44-47-50-56(58)61-54-55(53-60-52-49-46-43-40-37-34-26-23-20-17-14-11-8-5-2)62-57(59)51-48-45-42-39-36-32-24-21-18-15-12-9-6-3/h7,10,12,15-16,19,21,24-25,27,29-30,33,35,41,44,55H,4-6,8-9,11,13-14,17-18,20,22-23,26,28,31-32,34,36-40,42-43,45-54H2,1-3H3/b10-7-,15-12-,19-16-,24-21-,27-25-,30-29-,35-33-,44-41-. The Morgan fingerprint density at radius 3 is 1.29 bits per heavy atom. The molecule has 0 aliphatic carbocycles. The molecule has 5 heteroatoms. The lowest BCUT2D eigenvalue weighted by Gasteiger charge is -2.18. The van der Waals surface area contributed by atoms with Crippen LogP contribution >= 0.6 is 0 Å². The van der Waals surface area contributed by atoms with Gasteiger partial charge in [-0.15, -0.1) is 0 Å². The Balaban J connectivity index is 4.40. The maximum absolute atomic E-state index is 12.8. The second-order valence-electron chi connectivity index (χ2n) is 16.7. The fourth-order valence-corrected chi connectivity index (χ4v) is 6.81. The Bertz CT molecular complexity index is 1200. The first-order chi connectivity index (χ1) is 30.6. The minimum Gasteiger partial charge on any atom is -0.462 e. The van der Waals surface area contributed by atoms with E-state index in [9.17, 15) is 9.59 Å². The molecule has 62 heavy (non-hydrogen) atoms. The lowest BCUT2D eigenvalue weighted by atomic mass is 10.0. The van der Waals surface area contributed by atoms with Crippen molar-refractivity contribution < 1.29 is 23.8 Å². The highest BCUT2D eigenvalue weighted by Gasteiger charge is 2.17. The number of ether oxygens (including phenoxy) is 3. The minimum atomic E-state index is -0.576. The lowest BCUT2D eigenvalue weighted by molar-refractivity contribution is -0.162. The van der Waals surface area contributed by atoms with Gasteiger partial charge >= 0.3 is 11.9 Å². The quantitative estimate of drug-likeness (QED) is 0.0347. The van der Waals surface area contributed by atoms with Crippen molar-refractivity contribution in [1.82, 2.24) is 0 Å². The van der Waals surface area contributed by atoms with Crippen LogP contribution in [0.5, 0.6) is 0 Å². The van der Waals surface area contributed by atoms with E-state index in [2.05, 4.69) is 112 Å². The zero-order chi connectivity index (χ0) is 44.9. The van der Waals surface area contributed by atoms with Gasteiger partial charge in [-0.1, -0.05) is 227 Å². The van der Waals surface area contributed by atoms with E-state index in [1.807, 2.05) is 6.08 Å². The van der Waals surface area contributed by atoms with Gasteiger partial charge in [-0.3, -0.25) is 9.59 Å². The number of carbonyl (C=O) groups excluding carboxylic acids is 2. The van der Waals surface area contributed by atoms with Gasteiger partial charge in [0.1, 0.15) is 6.61 Å². The number of rotatable bonds is 46. The molecule has 0 amide bonds. The molecular weight excluding hydrogens is 765 g/mol. The molecular formula is C57H96O5. The Morgan fingerprint density at radius 2 is 0.790 bits per heavy atom. The number of allylic oxidation sites excluding steroid dienone is 16. The van der Waals surface area contributed by atoms with Crippen LogP contribution in [0.25, 0.3) is 0 Å². The molecule has 0 bridgehead atoms. The average Bonchev–Trinajstić information content (AvgIpc) is 3.27. The Hall–Kier alpha value is -3.18. The molecule has 0 rings (SSSR count). The van der Waals surface area contributed by atoms with E-state index in [0.717, 1.165) is 89.9 Å². The largest absolute Gasteiger partial charge is 0.462 e. The summed E-state index contributed by atoms with van der Waals surface area (Å²) in [4.78, 5) is 25.3. The van der Waals surface area contributed by atoms with Crippen LogP contribution in [-0.2, 0) is 23.8 Å². The SMILES string of the molecule is CC/C=C\C/C=C\C/C=C\C/C=C\C/C=C\C/C=C\CCC(=O)OCC(COCCCCCCCCCCCCCCCC)OC(=O)CCCCCCC/C=C\C/C=C\CCC. The van der Waals surface area contributed by atoms with Gasteiger partial charge in [-0.05, 0) is 83.5 Å². The molecule has 0 heterocycles. The molecule has 1 atom stereocenters. The van der Waals surface area contributed by atoms with Gasteiger partial charge in [0, 0.05) is 19.4 Å². The van der Waals surface area contributed by atoms with E-state index in [0.29, 0.717) is 25.9 Å². The number of hydrogen-bond donors (Lipinski definition) is 0. The monoisotopic (exact) mass is 861 g/mol.